The van der Waals surface area contributed by atoms with Gasteiger partial charge in [-0.2, -0.15) is 13.2 Å². The fourth-order valence-corrected chi connectivity index (χ4v) is 4.49. The van der Waals surface area contributed by atoms with E-state index in [-0.39, 0.29) is 12.2 Å². The van der Waals surface area contributed by atoms with E-state index in [9.17, 15) is 31.2 Å². The average molecular weight is 519 g/mol. The van der Waals surface area contributed by atoms with Crippen LogP contribution in [-0.2, 0) is 21.2 Å². The molecule has 3 aromatic rings. The number of amides is 3. The monoisotopic (exact) mass is 518 g/mol. The number of alkyl halides is 3. The van der Waals surface area contributed by atoms with Crippen LogP contribution >= 0.6 is 0 Å². The summed E-state index contributed by atoms with van der Waals surface area (Å²) in [7, 11) is -5.56. The van der Waals surface area contributed by atoms with Crippen LogP contribution in [0.15, 0.2) is 77.8 Å². The van der Waals surface area contributed by atoms with Crippen LogP contribution in [0.1, 0.15) is 19.4 Å². The van der Waals surface area contributed by atoms with E-state index in [2.05, 4.69) is 10.3 Å². The Hall–Kier alpha value is -3.93. The van der Waals surface area contributed by atoms with E-state index in [1.165, 1.54) is 4.90 Å². The number of carbonyl (C=O) groups excluding carboxylic acids is 2. The Balaban J connectivity index is 1.58. The van der Waals surface area contributed by atoms with Gasteiger partial charge < -0.3 is 10.2 Å². The first-order chi connectivity index (χ1) is 16.8. The third-order valence-corrected chi connectivity index (χ3v) is 7.25. The summed E-state index contributed by atoms with van der Waals surface area (Å²) in [6, 6.07) is 15.5. The van der Waals surface area contributed by atoms with Crippen molar-refractivity contribution in [1.82, 2.24) is 9.88 Å². The molecule has 1 aliphatic heterocycles. The zero-order valence-corrected chi connectivity index (χ0v) is 20.0. The van der Waals surface area contributed by atoms with Crippen molar-refractivity contribution in [1.29, 1.82) is 0 Å². The van der Waals surface area contributed by atoms with Crippen molar-refractivity contribution in [3.8, 4) is 0 Å². The number of hydrogen-bond acceptors (Lipinski definition) is 6. The fourth-order valence-electron chi connectivity index (χ4n) is 3.73. The molecule has 1 N–H and O–H groups in total. The molecule has 4 rings (SSSR count). The predicted molar refractivity (Wildman–Crippen MR) is 126 cm³/mol. The highest BCUT2D eigenvalue weighted by Crippen LogP contribution is 2.35. The molecule has 1 fully saturated rings. The highest BCUT2D eigenvalue weighted by molar-refractivity contribution is 7.92. The number of halogens is 3. The Morgan fingerprint density at radius 1 is 0.972 bits per heavy atom. The number of carbonyl (C=O) groups is 2. The second-order valence-corrected chi connectivity index (χ2v) is 10.5. The normalized spacial score (nSPS) is 15.9. The Kier molecular flexibility index (Phi) is 6.25. The minimum absolute atomic E-state index is 0.0390. The van der Waals surface area contributed by atoms with Crippen LogP contribution in [0.25, 0.3) is 0 Å². The molecular weight excluding hydrogens is 497 g/mol. The molecular formula is C24H21F3N4O4S. The van der Waals surface area contributed by atoms with Gasteiger partial charge in [-0.05, 0) is 67.9 Å². The summed E-state index contributed by atoms with van der Waals surface area (Å²) in [5.41, 5.74) is -5.28. The van der Waals surface area contributed by atoms with Gasteiger partial charge in [0.15, 0.2) is 0 Å². The molecule has 3 amide bonds. The highest BCUT2D eigenvalue weighted by atomic mass is 32.2. The lowest BCUT2D eigenvalue weighted by atomic mass is 10.0. The van der Waals surface area contributed by atoms with Gasteiger partial charge >= 0.3 is 11.5 Å². The molecule has 12 heteroatoms. The number of sulfone groups is 1. The van der Waals surface area contributed by atoms with Crippen molar-refractivity contribution in [3.63, 3.8) is 0 Å². The van der Waals surface area contributed by atoms with Gasteiger partial charge in [0.05, 0.1) is 10.6 Å². The number of para-hydroxylation sites is 1. The van der Waals surface area contributed by atoms with Gasteiger partial charge in [-0.25, -0.2) is 23.1 Å². The Morgan fingerprint density at radius 2 is 1.61 bits per heavy atom. The van der Waals surface area contributed by atoms with E-state index in [4.69, 9.17) is 0 Å². The third kappa shape index (κ3) is 4.51. The molecule has 36 heavy (non-hydrogen) atoms. The lowest BCUT2D eigenvalue weighted by Crippen LogP contribution is -2.43. The molecule has 0 atom stereocenters. The molecule has 188 valence electrons. The van der Waals surface area contributed by atoms with Crippen LogP contribution in [0.4, 0.5) is 35.2 Å². The maximum absolute atomic E-state index is 13.3. The van der Waals surface area contributed by atoms with E-state index in [0.717, 1.165) is 34.9 Å². The summed E-state index contributed by atoms with van der Waals surface area (Å²) < 4.78 is 61.7. The van der Waals surface area contributed by atoms with Crippen LogP contribution in [0.2, 0.25) is 0 Å². The second-order valence-electron chi connectivity index (χ2n) is 8.55. The maximum Gasteiger partial charge on any atom is 0.501 e. The molecule has 1 aromatic heterocycles. The molecule has 2 heterocycles. The minimum Gasteiger partial charge on any atom is -0.340 e. The van der Waals surface area contributed by atoms with E-state index < -0.39 is 37.7 Å². The number of urea groups is 1. The van der Waals surface area contributed by atoms with Crippen LogP contribution in [0, 0.1) is 0 Å². The Labute approximate surface area is 205 Å². The molecule has 2 aromatic carbocycles. The average Bonchev–Trinajstić information content (AvgIpc) is 2.98. The van der Waals surface area contributed by atoms with Crippen LogP contribution in [-0.4, -0.2) is 41.3 Å². The van der Waals surface area contributed by atoms with Gasteiger partial charge in [0.2, 0.25) is 0 Å². The van der Waals surface area contributed by atoms with Gasteiger partial charge in [0.1, 0.15) is 11.4 Å². The fraction of sp³-hybridized carbons (Fsp3) is 0.208. The molecule has 0 saturated carbocycles. The lowest BCUT2D eigenvalue weighted by Gasteiger charge is -2.27. The minimum atomic E-state index is -5.56. The van der Waals surface area contributed by atoms with Crippen LogP contribution in [0.3, 0.4) is 0 Å². The molecule has 0 radical (unpaired) electrons. The largest absolute Gasteiger partial charge is 0.501 e. The molecule has 8 nitrogen and oxygen atoms in total. The van der Waals surface area contributed by atoms with E-state index in [1.54, 1.807) is 32.2 Å². The molecule has 0 bridgehead atoms. The molecule has 0 spiro atoms. The predicted octanol–water partition coefficient (Wildman–Crippen LogP) is 4.87. The highest BCUT2D eigenvalue weighted by Gasteiger charge is 2.52. The van der Waals surface area contributed by atoms with E-state index >= 15 is 0 Å². The van der Waals surface area contributed by atoms with E-state index in [1.807, 2.05) is 30.3 Å². The van der Waals surface area contributed by atoms with Gasteiger partial charge in [0.25, 0.3) is 15.7 Å². The first kappa shape index (κ1) is 25.2. The number of benzene rings is 2. The number of aromatic nitrogens is 1. The number of imide groups is 1. The number of rotatable bonds is 6. The third-order valence-electron chi connectivity index (χ3n) is 5.74. The molecule has 1 saturated heterocycles. The number of nitrogens with one attached hydrogen (secondary N) is 1. The number of anilines is 3. The summed E-state index contributed by atoms with van der Waals surface area (Å²) >= 11 is 0. The van der Waals surface area contributed by atoms with Crippen molar-refractivity contribution in [2.45, 2.75) is 36.3 Å². The van der Waals surface area contributed by atoms with Gasteiger partial charge in [-0.1, -0.05) is 18.2 Å². The smallest absolute Gasteiger partial charge is 0.340 e. The SMILES string of the molecule is CC1(C)C(=O)N(c2ccc(S(=O)(=O)C(F)(F)F)cc2)C(=O)N1Cc1ccnc(Nc2ccccc2)c1. The number of pyridine rings is 1. The van der Waals surface area contributed by atoms with Crippen molar-refractivity contribution in [2.24, 2.45) is 0 Å². The summed E-state index contributed by atoms with van der Waals surface area (Å²) in [4.78, 5) is 31.8. The van der Waals surface area contributed by atoms with Crippen molar-refractivity contribution in [3.05, 3.63) is 78.5 Å². The topological polar surface area (TPSA) is 99.7 Å². The summed E-state index contributed by atoms with van der Waals surface area (Å²) in [6.45, 7) is 3.17. The quantitative estimate of drug-likeness (QED) is 0.468. The van der Waals surface area contributed by atoms with E-state index in [0.29, 0.717) is 11.4 Å². The van der Waals surface area contributed by atoms with Crippen molar-refractivity contribution in [2.75, 3.05) is 10.2 Å². The first-order valence-corrected chi connectivity index (χ1v) is 12.2. The van der Waals surface area contributed by atoms with Crippen LogP contribution in [0.5, 0.6) is 0 Å². The number of nitrogens with zero attached hydrogens (tertiary/aromatic N) is 3. The number of hydrogen-bond donors (Lipinski definition) is 1. The standard InChI is InChI=1S/C24H21F3N4O4S/c1-23(2)21(32)31(18-8-10-19(11-9-18)36(34,35)24(25,26)27)22(33)30(23)15-16-12-13-28-20(14-16)29-17-6-4-3-5-7-17/h3-14H,15H2,1-2H3,(H,28,29). The van der Waals surface area contributed by atoms with Gasteiger partial charge in [-0.15, -0.1) is 0 Å². The van der Waals surface area contributed by atoms with Crippen LogP contribution < -0.4 is 10.2 Å². The second kappa shape index (κ2) is 8.94. The van der Waals surface area contributed by atoms with Gasteiger partial charge in [-0.3, -0.25) is 4.79 Å². The summed E-state index contributed by atoms with van der Waals surface area (Å²) in [5, 5.41) is 3.15. The molecule has 1 aliphatic rings. The Bertz CT molecular complexity index is 1410. The molecule has 0 aliphatic carbocycles. The lowest BCUT2D eigenvalue weighted by molar-refractivity contribution is -0.123. The summed E-state index contributed by atoms with van der Waals surface area (Å²) in [6.07, 6.45) is 1.56. The Morgan fingerprint density at radius 3 is 2.22 bits per heavy atom. The maximum atomic E-state index is 13.3. The van der Waals surface area contributed by atoms with Crippen molar-refractivity contribution < 1.29 is 31.2 Å². The van der Waals surface area contributed by atoms with Crippen molar-refractivity contribution >= 4 is 39.0 Å². The summed E-state index contributed by atoms with van der Waals surface area (Å²) in [5.74, 6) is -0.0663. The zero-order chi connectivity index (χ0) is 26.3. The zero-order valence-electron chi connectivity index (χ0n) is 19.2. The molecule has 0 unspecified atom stereocenters. The first-order valence-electron chi connectivity index (χ1n) is 10.7. The van der Waals surface area contributed by atoms with Gasteiger partial charge in [0, 0.05) is 18.4 Å².